The second-order valence-electron chi connectivity index (χ2n) is 20.7. The van der Waals surface area contributed by atoms with Gasteiger partial charge >= 0.3 is 5.97 Å². The van der Waals surface area contributed by atoms with Crippen molar-refractivity contribution < 1.29 is 24.5 Å². The largest absolute Gasteiger partial charge is 0.466 e. The maximum Gasteiger partial charge on any atom is 0.305 e. The summed E-state index contributed by atoms with van der Waals surface area (Å²) in [4.78, 5) is 24.5. The third kappa shape index (κ3) is 52.0. The van der Waals surface area contributed by atoms with Crippen LogP contribution in [-0.4, -0.2) is 47.4 Å². The Bertz CT molecular complexity index is 986. The number of aliphatic hydroxyl groups is 2. The molecule has 6 nitrogen and oxygen atoms in total. The molecule has 2 unspecified atom stereocenters. The molecule has 0 aliphatic carbocycles. The lowest BCUT2D eigenvalue weighted by Gasteiger charge is -2.22. The molecule has 0 aliphatic heterocycles. The Balaban J connectivity index is 3.33. The summed E-state index contributed by atoms with van der Waals surface area (Å²) in [6.07, 6.45) is 66.5. The Morgan fingerprint density at radius 3 is 1.08 bits per heavy atom. The Labute approximate surface area is 412 Å². The molecule has 0 radical (unpaired) electrons. The minimum absolute atomic E-state index is 0.0108. The summed E-state index contributed by atoms with van der Waals surface area (Å²) < 4.78 is 5.49. The van der Waals surface area contributed by atoms with Crippen LogP contribution in [0.3, 0.4) is 0 Å². The van der Waals surface area contributed by atoms with Crippen molar-refractivity contribution in [2.75, 3.05) is 13.2 Å². The standard InChI is InChI=1S/C60H117NO5/c1-3-5-7-9-11-13-14-15-16-17-25-28-31-34-38-42-46-50-54-60(65)66-55-51-47-43-39-35-32-29-26-23-21-19-18-20-22-24-27-30-33-37-41-45-49-53-59(64)61-57(56-62)58(63)52-48-44-40-36-12-10-8-6-4-2/h16-17,57-58,62-63H,3-15,18-56H2,1-2H3,(H,61,64)/b17-16-. The maximum absolute atomic E-state index is 12.4. The molecule has 0 fully saturated rings. The monoisotopic (exact) mass is 932 g/mol. The fourth-order valence-corrected chi connectivity index (χ4v) is 9.46. The average molecular weight is 933 g/mol. The average Bonchev–Trinajstić information content (AvgIpc) is 3.32. The molecule has 0 rings (SSSR count). The molecule has 0 aromatic heterocycles. The van der Waals surface area contributed by atoms with Crippen molar-refractivity contribution in [2.24, 2.45) is 0 Å². The lowest BCUT2D eigenvalue weighted by molar-refractivity contribution is -0.143. The number of aliphatic hydroxyl groups excluding tert-OH is 2. The highest BCUT2D eigenvalue weighted by atomic mass is 16.5. The molecule has 0 saturated heterocycles. The number of carbonyl (C=O) groups excluding carboxylic acids is 2. The molecule has 6 heteroatoms. The van der Waals surface area contributed by atoms with Crippen molar-refractivity contribution in [3.8, 4) is 0 Å². The van der Waals surface area contributed by atoms with Gasteiger partial charge in [0.05, 0.1) is 25.4 Å². The normalized spacial score (nSPS) is 12.6. The van der Waals surface area contributed by atoms with Crippen LogP contribution in [0, 0.1) is 0 Å². The van der Waals surface area contributed by atoms with E-state index in [0.29, 0.717) is 25.9 Å². The summed E-state index contributed by atoms with van der Waals surface area (Å²) >= 11 is 0. The first-order valence-corrected chi connectivity index (χ1v) is 29.9. The van der Waals surface area contributed by atoms with Crippen molar-refractivity contribution in [3.63, 3.8) is 0 Å². The fourth-order valence-electron chi connectivity index (χ4n) is 9.46. The van der Waals surface area contributed by atoms with Crippen LogP contribution in [-0.2, 0) is 14.3 Å². The summed E-state index contributed by atoms with van der Waals surface area (Å²) in [6, 6.07) is -0.539. The molecular formula is C60H117NO5. The number of esters is 1. The number of unbranched alkanes of at least 4 members (excludes halogenated alkanes) is 43. The number of hydrogen-bond acceptors (Lipinski definition) is 5. The van der Waals surface area contributed by atoms with Gasteiger partial charge in [-0.05, 0) is 51.4 Å². The van der Waals surface area contributed by atoms with E-state index in [0.717, 1.165) is 44.9 Å². The predicted molar refractivity (Wildman–Crippen MR) is 287 cm³/mol. The van der Waals surface area contributed by atoms with Gasteiger partial charge in [0.25, 0.3) is 0 Å². The van der Waals surface area contributed by atoms with E-state index >= 15 is 0 Å². The van der Waals surface area contributed by atoms with Crippen LogP contribution in [0.15, 0.2) is 12.2 Å². The molecule has 66 heavy (non-hydrogen) atoms. The number of allylic oxidation sites excluding steroid dienone is 2. The molecule has 2 atom stereocenters. The van der Waals surface area contributed by atoms with Crippen LogP contribution in [0.4, 0.5) is 0 Å². The highest BCUT2D eigenvalue weighted by Crippen LogP contribution is 2.18. The highest BCUT2D eigenvalue weighted by molar-refractivity contribution is 5.76. The Kier molecular flexibility index (Phi) is 55.0. The van der Waals surface area contributed by atoms with Gasteiger partial charge in [0.15, 0.2) is 0 Å². The molecule has 0 aromatic carbocycles. The van der Waals surface area contributed by atoms with Gasteiger partial charge in [-0.1, -0.05) is 283 Å². The van der Waals surface area contributed by atoms with E-state index in [1.165, 1.54) is 257 Å². The van der Waals surface area contributed by atoms with Crippen LogP contribution in [0.25, 0.3) is 0 Å². The van der Waals surface area contributed by atoms with Gasteiger partial charge in [-0.25, -0.2) is 0 Å². The van der Waals surface area contributed by atoms with E-state index in [1.807, 2.05) is 0 Å². The van der Waals surface area contributed by atoms with Gasteiger partial charge in [0, 0.05) is 12.8 Å². The minimum Gasteiger partial charge on any atom is -0.466 e. The van der Waals surface area contributed by atoms with Gasteiger partial charge in [-0.3, -0.25) is 9.59 Å². The van der Waals surface area contributed by atoms with E-state index in [9.17, 15) is 19.8 Å². The van der Waals surface area contributed by atoms with E-state index in [4.69, 9.17) is 4.74 Å². The van der Waals surface area contributed by atoms with Crippen LogP contribution < -0.4 is 5.32 Å². The van der Waals surface area contributed by atoms with Crippen molar-refractivity contribution >= 4 is 11.9 Å². The third-order valence-electron chi connectivity index (χ3n) is 14.1. The second-order valence-corrected chi connectivity index (χ2v) is 20.7. The first-order chi connectivity index (χ1) is 32.5. The number of rotatable bonds is 56. The maximum atomic E-state index is 12.4. The van der Waals surface area contributed by atoms with Gasteiger partial charge in [0.2, 0.25) is 5.91 Å². The van der Waals surface area contributed by atoms with Gasteiger partial charge in [0.1, 0.15) is 0 Å². The summed E-state index contributed by atoms with van der Waals surface area (Å²) in [5.41, 5.74) is 0. The topological polar surface area (TPSA) is 95.9 Å². The van der Waals surface area contributed by atoms with E-state index in [-0.39, 0.29) is 18.5 Å². The zero-order valence-corrected chi connectivity index (χ0v) is 44.7. The van der Waals surface area contributed by atoms with Crippen LogP contribution >= 0.6 is 0 Å². The molecule has 0 aromatic rings. The Morgan fingerprint density at radius 2 is 0.712 bits per heavy atom. The molecule has 0 heterocycles. The lowest BCUT2D eigenvalue weighted by atomic mass is 10.0. The molecule has 0 saturated carbocycles. The Hall–Kier alpha value is -1.40. The predicted octanol–water partition coefficient (Wildman–Crippen LogP) is 18.5. The van der Waals surface area contributed by atoms with Crippen LogP contribution in [0.2, 0.25) is 0 Å². The molecule has 0 aliphatic rings. The van der Waals surface area contributed by atoms with Crippen molar-refractivity contribution in [1.29, 1.82) is 0 Å². The summed E-state index contributed by atoms with van der Waals surface area (Å²) in [6.45, 7) is 4.94. The summed E-state index contributed by atoms with van der Waals surface area (Å²) in [5, 5.41) is 23.1. The van der Waals surface area contributed by atoms with Crippen molar-refractivity contribution in [2.45, 2.75) is 347 Å². The van der Waals surface area contributed by atoms with Gasteiger partial charge in [-0.15, -0.1) is 0 Å². The summed E-state index contributed by atoms with van der Waals surface area (Å²) in [7, 11) is 0. The number of hydrogen-bond donors (Lipinski definition) is 3. The van der Waals surface area contributed by atoms with E-state index in [1.54, 1.807) is 0 Å². The highest BCUT2D eigenvalue weighted by Gasteiger charge is 2.20. The molecule has 3 N–H and O–H groups in total. The summed E-state index contributed by atoms with van der Waals surface area (Å²) in [5.74, 6) is -0.0257. The fraction of sp³-hybridized carbons (Fsp3) is 0.933. The smallest absolute Gasteiger partial charge is 0.305 e. The number of amides is 1. The van der Waals surface area contributed by atoms with Crippen LogP contribution in [0.1, 0.15) is 335 Å². The SMILES string of the molecule is CCCCCCCCC/C=C\CCCCCCCCCC(=O)OCCCCCCCCCCCCCCCCCCCCCCCCC(=O)NC(CO)C(O)CCCCCCCCCCC. The molecular weight excluding hydrogens is 815 g/mol. The third-order valence-corrected chi connectivity index (χ3v) is 14.1. The zero-order valence-electron chi connectivity index (χ0n) is 44.7. The van der Waals surface area contributed by atoms with Crippen molar-refractivity contribution in [3.05, 3.63) is 12.2 Å². The number of nitrogens with one attached hydrogen (secondary N) is 1. The van der Waals surface area contributed by atoms with Gasteiger partial charge in [-0.2, -0.15) is 0 Å². The minimum atomic E-state index is -0.661. The van der Waals surface area contributed by atoms with E-state index < -0.39 is 12.1 Å². The molecule has 0 bridgehead atoms. The lowest BCUT2D eigenvalue weighted by Crippen LogP contribution is -2.45. The second kappa shape index (κ2) is 56.2. The van der Waals surface area contributed by atoms with E-state index in [2.05, 4.69) is 31.3 Å². The Morgan fingerprint density at radius 1 is 0.409 bits per heavy atom. The van der Waals surface area contributed by atoms with Gasteiger partial charge < -0.3 is 20.3 Å². The number of carbonyl (C=O) groups is 2. The first kappa shape index (κ1) is 64.6. The van der Waals surface area contributed by atoms with Crippen LogP contribution in [0.5, 0.6) is 0 Å². The zero-order chi connectivity index (χ0) is 47.9. The first-order valence-electron chi connectivity index (χ1n) is 29.9. The van der Waals surface area contributed by atoms with Crippen molar-refractivity contribution in [1.82, 2.24) is 5.32 Å². The number of ether oxygens (including phenoxy) is 1. The quantitative estimate of drug-likeness (QED) is 0.0321. The molecule has 0 spiro atoms. The molecule has 1 amide bonds. The molecule has 392 valence electrons.